The van der Waals surface area contributed by atoms with E-state index >= 15 is 0 Å². The Bertz CT molecular complexity index is 923. The zero-order valence-corrected chi connectivity index (χ0v) is 16.3. The molecule has 28 heavy (non-hydrogen) atoms. The minimum absolute atomic E-state index is 0.0255. The Hall–Kier alpha value is -1.96. The van der Waals surface area contributed by atoms with E-state index in [9.17, 15) is 9.18 Å². The van der Waals surface area contributed by atoms with Crippen LogP contribution in [0.5, 0.6) is 0 Å². The van der Waals surface area contributed by atoms with Crippen LogP contribution in [0.25, 0.3) is 5.69 Å². The number of carbonyl (C=O) groups is 1. The van der Waals surface area contributed by atoms with Gasteiger partial charge in [0, 0.05) is 44.2 Å². The Morgan fingerprint density at radius 3 is 2.82 bits per heavy atom. The molecule has 1 amide bonds. The van der Waals surface area contributed by atoms with Crippen LogP contribution in [-0.4, -0.2) is 64.3 Å². The van der Waals surface area contributed by atoms with E-state index in [2.05, 4.69) is 10.00 Å². The Labute approximate surface area is 167 Å². The lowest BCUT2D eigenvalue weighted by atomic mass is 10.0. The summed E-state index contributed by atoms with van der Waals surface area (Å²) >= 11 is 5.98. The van der Waals surface area contributed by atoms with Gasteiger partial charge in [0.25, 0.3) is 5.91 Å². The van der Waals surface area contributed by atoms with Gasteiger partial charge in [-0.2, -0.15) is 5.10 Å². The molecule has 1 aromatic carbocycles. The molecule has 2 aromatic rings. The molecule has 0 spiro atoms. The van der Waals surface area contributed by atoms with Crippen molar-refractivity contribution in [2.24, 2.45) is 0 Å². The van der Waals surface area contributed by atoms with Crippen molar-refractivity contribution in [3.63, 3.8) is 0 Å². The SMILES string of the molecule is O=C(c1nn(-c2ccc(F)c(Cl)c2)c2c1COCC2)N1CCN2CCC1CC2. The van der Waals surface area contributed by atoms with E-state index in [0.717, 1.165) is 50.3 Å². The summed E-state index contributed by atoms with van der Waals surface area (Å²) in [5.74, 6) is -0.496. The zero-order chi connectivity index (χ0) is 19.3. The number of hydrogen-bond acceptors (Lipinski definition) is 4. The molecular formula is C20H22ClFN4O2. The van der Waals surface area contributed by atoms with Crippen LogP contribution in [-0.2, 0) is 17.8 Å². The normalized spacial score (nSPS) is 24.1. The van der Waals surface area contributed by atoms with E-state index in [1.165, 1.54) is 6.07 Å². The molecule has 2 bridgehead atoms. The minimum Gasteiger partial charge on any atom is -0.376 e. The quantitative estimate of drug-likeness (QED) is 0.772. The van der Waals surface area contributed by atoms with Crippen LogP contribution in [0, 0.1) is 5.82 Å². The summed E-state index contributed by atoms with van der Waals surface area (Å²) < 4.78 is 21.0. The fourth-order valence-electron chi connectivity index (χ4n) is 4.53. The highest BCUT2D eigenvalue weighted by molar-refractivity contribution is 6.30. The second-order valence-electron chi connectivity index (χ2n) is 7.66. The van der Waals surface area contributed by atoms with Gasteiger partial charge in [0.05, 0.1) is 29.6 Å². The lowest BCUT2D eigenvalue weighted by Gasteiger charge is -2.31. The summed E-state index contributed by atoms with van der Waals surface area (Å²) in [6.45, 7) is 4.69. The van der Waals surface area contributed by atoms with Gasteiger partial charge in [-0.25, -0.2) is 9.07 Å². The Morgan fingerprint density at radius 2 is 2.04 bits per heavy atom. The summed E-state index contributed by atoms with van der Waals surface area (Å²) in [7, 11) is 0. The number of benzene rings is 1. The smallest absolute Gasteiger partial charge is 0.275 e. The summed E-state index contributed by atoms with van der Waals surface area (Å²) in [5.41, 5.74) is 2.90. The molecule has 3 saturated heterocycles. The maximum absolute atomic E-state index is 13.6. The summed E-state index contributed by atoms with van der Waals surface area (Å²) in [4.78, 5) is 17.9. The third kappa shape index (κ3) is 3.02. The average Bonchev–Trinajstić information content (AvgIpc) is 2.85. The van der Waals surface area contributed by atoms with Crippen molar-refractivity contribution in [2.75, 3.05) is 32.8 Å². The number of rotatable bonds is 2. The molecule has 8 heteroatoms. The standard InChI is InChI=1S/C20H22ClFN4O2/c21-16-11-14(1-2-17(16)22)26-18-5-10-28-12-15(18)19(23-26)20(27)25-9-8-24-6-3-13(25)4-7-24/h1-2,11,13H,3-10,12H2. The van der Waals surface area contributed by atoms with Crippen LogP contribution < -0.4 is 0 Å². The molecule has 6 rings (SSSR count). The van der Waals surface area contributed by atoms with Gasteiger partial charge in [0.1, 0.15) is 5.82 Å². The highest BCUT2D eigenvalue weighted by Gasteiger charge is 2.36. The average molecular weight is 405 g/mol. The predicted molar refractivity (Wildman–Crippen MR) is 102 cm³/mol. The molecule has 4 aliphatic heterocycles. The molecule has 5 heterocycles. The third-order valence-electron chi connectivity index (χ3n) is 6.09. The molecular weight excluding hydrogens is 383 g/mol. The van der Waals surface area contributed by atoms with Crippen molar-refractivity contribution in [3.8, 4) is 5.69 Å². The second kappa shape index (κ2) is 7.13. The summed E-state index contributed by atoms with van der Waals surface area (Å²) in [6, 6.07) is 4.79. The molecule has 0 saturated carbocycles. The Kier molecular flexibility index (Phi) is 4.61. The van der Waals surface area contributed by atoms with Crippen LogP contribution in [0.3, 0.4) is 0 Å². The molecule has 0 unspecified atom stereocenters. The van der Waals surface area contributed by atoms with Crippen LogP contribution in [0.4, 0.5) is 4.39 Å². The molecule has 0 atom stereocenters. The zero-order valence-electron chi connectivity index (χ0n) is 15.5. The minimum atomic E-state index is -0.471. The summed E-state index contributed by atoms with van der Waals surface area (Å²) in [6.07, 6.45) is 2.68. The first kappa shape index (κ1) is 18.1. The lowest BCUT2D eigenvalue weighted by Crippen LogP contribution is -2.42. The molecule has 6 nitrogen and oxygen atoms in total. The monoisotopic (exact) mass is 404 g/mol. The van der Waals surface area contributed by atoms with Crippen molar-refractivity contribution in [1.29, 1.82) is 0 Å². The highest BCUT2D eigenvalue weighted by atomic mass is 35.5. The number of hydrogen-bond donors (Lipinski definition) is 0. The van der Waals surface area contributed by atoms with Crippen molar-refractivity contribution < 1.29 is 13.9 Å². The Balaban J connectivity index is 1.55. The van der Waals surface area contributed by atoms with Gasteiger partial charge in [-0.3, -0.25) is 4.79 Å². The van der Waals surface area contributed by atoms with Gasteiger partial charge in [0.2, 0.25) is 0 Å². The van der Waals surface area contributed by atoms with E-state index in [-0.39, 0.29) is 17.0 Å². The van der Waals surface area contributed by atoms with Gasteiger partial charge in [-0.1, -0.05) is 11.6 Å². The summed E-state index contributed by atoms with van der Waals surface area (Å²) in [5, 5.41) is 4.71. The van der Waals surface area contributed by atoms with Gasteiger partial charge in [0.15, 0.2) is 5.69 Å². The number of carbonyl (C=O) groups excluding carboxylic acids is 1. The number of fused-ring (bicyclic) bond motifs is 5. The van der Waals surface area contributed by atoms with E-state index in [0.29, 0.717) is 31.0 Å². The van der Waals surface area contributed by atoms with Gasteiger partial charge in [-0.05, 0) is 31.0 Å². The highest BCUT2D eigenvalue weighted by Crippen LogP contribution is 2.29. The van der Waals surface area contributed by atoms with Gasteiger partial charge < -0.3 is 14.5 Å². The molecule has 0 radical (unpaired) electrons. The molecule has 3 fully saturated rings. The molecule has 0 aliphatic carbocycles. The van der Waals surface area contributed by atoms with E-state index < -0.39 is 5.82 Å². The largest absolute Gasteiger partial charge is 0.376 e. The Morgan fingerprint density at radius 1 is 1.21 bits per heavy atom. The van der Waals surface area contributed by atoms with Gasteiger partial charge >= 0.3 is 0 Å². The van der Waals surface area contributed by atoms with Crippen molar-refractivity contribution in [1.82, 2.24) is 19.6 Å². The first-order chi connectivity index (χ1) is 13.6. The van der Waals surface area contributed by atoms with Crippen LogP contribution >= 0.6 is 11.6 Å². The second-order valence-corrected chi connectivity index (χ2v) is 8.07. The number of halogens is 2. The van der Waals surface area contributed by atoms with Crippen LogP contribution in [0.2, 0.25) is 5.02 Å². The molecule has 148 valence electrons. The molecule has 1 aromatic heterocycles. The topological polar surface area (TPSA) is 50.6 Å². The van der Waals surface area contributed by atoms with Crippen LogP contribution in [0.1, 0.15) is 34.6 Å². The number of amides is 1. The van der Waals surface area contributed by atoms with Crippen molar-refractivity contribution in [2.45, 2.75) is 31.9 Å². The fraction of sp³-hybridized carbons (Fsp3) is 0.500. The number of aromatic nitrogens is 2. The maximum atomic E-state index is 13.6. The third-order valence-corrected chi connectivity index (χ3v) is 6.38. The first-order valence-electron chi connectivity index (χ1n) is 9.79. The predicted octanol–water partition coefficient (Wildman–Crippen LogP) is 2.66. The molecule has 0 N–H and O–H groups in total. The first-order valence-corrected chi connectivity index (χ1v) is 10.2. The number of ether oxygens (including phenoxy) is 1. The lowest BCUT2D eigenvalue weighted by molar-refractivity contribution is 0.0667. The van der Waals surface area contributed by atoms with E-state index in [1.54, 1.807) is 16.8 Å². The van der Waals surface area contributed by atoms with Crippen molar-refractivity contribution >= 4 is 17.5 Å². The van der Waals surface area contributed by atoms with Gasteiger partial charge in [-0.15, -0.1) is 0 Å². The number of nitrogens with zero attached hydrogens (tertiary/aromatic N) is 4. The fourth-order valence-corrected chi connectivity index (χ4v) is 4.70. The number of piperidine rings is 1. The maximum Gasteiger partial charge on any atom is 0.275 e. The van der Waals surface area contributed by atoms with E-state index in [4.69, 9.17) is 16.3 Å². The molecule has 4 aliphatic rings. The van der Waals surface area contributed by atoms with E-state index in [1.807, 2.05) is 4.90 Å². The van der Waals surface area contributed by atoms with Crippen molar-refractivity contribution in [3.05, 3.63) is 46.0 Å². The van der Waals surface area contributed by atoms with Crippen LogP contribution in [0.15, 0.2) is 18.2 Å².